The zero-order chi connectivity index (χ0) is 5.98. The summed E-state index contributed by atoms with van der Waals surface area (Å²) >= 11 is 0. The van der Waals surface area contributed by atoms with Gasteiger partial charge in [-0.1, -0.05) is 0 Å². The van der Waals surface area contributed by atoms with Gasteiger partial charge in [0, 0.05) is 6.07 Å². The molecule has 42 valence electrons. The molecular weight excluding hydrogens is 114 g/mol. The number of aromatic nitrogens is 2. The van der Waals surface area contributed by atoms with Crippen molar-refractivity contribution in [3.63, 3.8) is 0 Å². The van der Waals surface area contributed by atoms with Crippen molar-refractivity contribution in [1.29, 1.82) is 0 Å². The summed E-state index contributed by atoms with van der Waals surface area (Å²) in [6.07, 6.45) is 0.836. The zero-order valence-electron chi connectivity index (χ0n) is 3.81. The summed E-state index contributed by atoms with van der Waals surface area (Å²) in [6.45, 7) is 0. The lowest BCUT2D eigenvalue weighted by Crippen LogP contribution is -1.86. The van der Waals surface area contributed by atoms with E-state index in [0.29, 0.717) is 6.07 Å². The van der Waals surface area contributed by atoms with Gasteiger partial charge in [-0.05, 0) is 0 Å². The Bertz CT molecular complexity index is 172. The molecule has 0 radical (unpaired) electrons. The highest BCUT2D eigenvalue weighted by Gasteiger charge is 1.91. The van der Waals surface area contributed by atoms with Gasteiger partial charge in [0.15, 0.2) is 0 Å². The van der Waals surface area contributed by atoms with E-state index in [1.807, 2.05) is 0 Å². The topological polar surface area (TPSA) is 25.8 Å². The van der Waals surface area contributed by atoms with Crippen LogP contribution in [0.5, 0.6) is 0 Å². The second-order valence-electron chi connectivity index (χ2n) is 1.20. The van der Waals surface area contributed by atoms with E-state index < -0.39 is 11.8 Å². The Balaban J connectivity index is 3.08. The quantitative estimate of drug-likeness (QED) is 0.500. The number of rotatable bonds is 0. The molecule has 1 aromatic rings. The molecule has 1 aromatic heterocycles. The Labute approximate surface area is 44.2 Å². The summed E-state index contributed by atoms with van der Waals surface area (Å²) in [5.41, 5.74) is 0. The SMILES string of the molecule is Fc1cnnc(F)c1. The van der Waals surface area contributed by atoms with Gasteiger partial charge >= 0.3 is 0 Å². The second kappa shape index (κ2) is 1.81. The molecule has 0 aliphatic carbocycles. The molecule has 0 unspecified atom stereocenters. The Morgan fingerprint density at radius 2 is 2.12 bits per heavy atom. The fraction of sp³-hybridized carbons (Fsp3) is 0. The van der Waals surface area contributed by atoms with Crippen molar-refractivity contribution < 1.29 is 8.78 Å². The van der Waals surface area contributed by atoms with Crippen LogP contribution >= 0.6 is 0 Å². The van der Waals surface area contributed by atoms with Crippen LogP contribution < -0.4 is 0 Å². The summed E-state index contributed by atoms with van der Waals surface area (Å²) in [6, 6.07) is 0.660. The molecule has 1 heterocycles. The molecule has 0 aliphatic rings. The lowest BCUT2D eigenvalue weighted by atomic mass is 10.6. The van der Waals surface area contributed by atoms with Crippen LogP contribution in [0.15, 0.2) is 12.3 Å². The molecule has 4 heteroatoms. The first kappa shape index (κ1) is 5.08. The van der Waals surface area contributed by atoms with Crippen LogP contribution in [0.25, 0.3) is 0 Å². The van der Waals surface area contributed by atoms with E-state index >= 15 is 0 Å². The maximum atomic E-state index is 11.8. The summed E-state index contributed by atoms with van der Waals surface area (Å²) in [5, 5.41) is 5.87. The third-order valence-corrected chi connectivity index (χ3v) is 0.591. The molecule has 0 fully saturated rings. The molecule has 0 amide bonds. The average Bonchev–Trinajstić information content (AvgIpc) is 1.64. The van der Waals surface area contributed by atoms with Gasteiger partial charge in [0.1, 0.15) is 5.82 Å². The fourth-order valence-corrected chi connectivity index (χ4v) is 0.319. The van der Waals surface area contributed by atoms with Crippen LogP contribution in [0, 0.1) is 11.8 Å². The van der Waals surface area contributed by atoms with Gasteiger partial charge in [-0.2, -0.15) is 9.49 Å². The van der Waals surface area contributed by atoms with Gasteiger partial charge < -0.3 is 0 Å². The van der Waals surface area contributed by atoms with Gasteiger partial charge in [-0.15, -0.1) is 5.10 Å². The molecule has 1 rings (SSSR count). The Morgan fingerprint density at radius 3 is 2.50 bits per heavy atom. The lowest BCUT2D eigenvalue weighted by Gasteiger charge is -1.82. The third kappa shape index (κ3) is 0.959. The van der Waals surface area contributed by atoms with Crippen molar-refractivity contribution in [3.8, 4) is 0 Å². The fourth-order valence-electron chi connectivity index (χ4n) is 0.319. The number of hydrogen-bond acceptors (Lipinski definition) is 2. The smallest absolute Gasteiger partial charge is 0.205 e. The second-order valence-corrected chi connectivity index (χ2v) is 1.20. The molecule has 0 aromatic carbocycles. The van der Waals surface area contributed by atoms with Crippen molar-refractivity contribution in [2.24, 2.45) is 0 Å². The summed E-state index contributed by atoms with van der Waals surface area (Å²) < 4.78 is 23.6. The van der Waals surface area contributed by atoms with Crippen LogP contribution in [0.3, 0.4) is 0 Å². The van der Waals surface area contributed by atoms with Crippen LogP contribution in [-0.4, -0.2) is 10.2 Å². The van der Waals surface area contributed by atoms with E-state index in [4.69, 9.17) is 0 Å². The number of halogens is 2. The van der Waals surface area contributed by atoms with Crippen LogP contribution in [0.4, 0.5) is 8.78 Å². The predicted octanol–water partition coefficient (Wildman–Crippen LogP) is 0.755. The molecule has 0 saturated heterocycles. The van der Waals surface area contributed by atoms with E-state index in [2.05, 4.69) is 10.2 Å². The molecule has 8 heavy (non-hydrogen) atoms. The maximum absolute atomic E-state index is 11.8. The highest BCUT2D eigenvalue weighted by Crippen LogP contribution is 1.92. The summed E-state index contributed by atoms with van der Waals surface area (Å²) in [5.74, 6) is -1.61. The highest BCUT2D eigenvalue weighted by atomic mass is 19.1. The number of hydrogen-bond donors (Lipinski definition) is 0. The first-order chi connectivity index (χ1) is 3.79. The van der Waals surface area contributed by atoms with Gasteiger partial charge in [0.25, 0.3) is 0 Å². The van der Waals surface area contributed by atoms with E-state index in [9.17, 15) is 8.78 Å². The number of nitrogens with zero attached hydrogens (tertiary/aromatic N) is 2. The van der Waals surface area contributed by atoms with Crippen LogP contribution in [-0.2, 0) is 0 Å². The third-order valence-electron chi connectivity index (χ3n) is 0.591. The molecule has 0 N–H and O–H groups in total. The van der Waals surface area contributed by atoms with E-state index in [-0.39, 0.29) is 0 Å². The maximum Gasteiger partial charge on any atom is 0.236 e. The van der Waals surface area contributed by atoms with E-state index in [1.165, 1.54) is 0 Å². The van der Waals surface area contributed by atoms with Gasteiger partial charge in [-0.25, -0.2) is 4.39 Å². The molecule has 0 bridgehead atoms. The average molecular weight is 116 g/mol. The lowest BCUT2D eigenvalue weighted by molar-refractivity contribution is 0.528. The largest absolute Gasteiger partial charge is 0.236 e. The minimum absolute atomic E-state index is 0.660. The normalized spacial score (nSPS) is 9.25. The molecular formula is C4H2F2N2. The predicted molar refractivity (Wildman–Crippen MR) is 21.9 cm³/mol. The van der Waals surface area contributed by atoms with Gasteiger partial charge in [0.05, 0.1) is 6.20 Å². The van der Waals surface area contributed by atoms with Crippen molar-refractivity contribution in [2.75, 3.05) is 0 Å². The Morgan fingerprint density at radius 1 is 1.38 bits per heavy atom. The summed E-state index contributed by atoms with van der Waals surface area (Å²) in [4.78, 5) is 0. The monoisotopic (exact) mass is 116 g/mol. The van der Waals surface area contributed by atoms with Crippen molar-refractivity contribution >= 4 is 0 Å². The molecule has 2 nitrogen and oxygen atoms in total. The molecule has 0 aliphatic heterocycles. The molecule has 0 saturated carbocycles. The van der Waals surface area contributed by atoms with E-state index in [1.54, 1.807) is 0 Å². The van der Waals surface area contributed by atoms with Gasteiger partial charge in [-0.3, -0.25) is 0 Å². The molecule has 0 spiro atoms. The summed E-state index contributed by atoms with van der Waals surface area (Å²) in [7, 11) is 0. The minimum atomic E-state index is -0.898. The van der Waals surface area contributed by atoms with Crippen molar-refractivity contribution in [3.05, 3.63) is 24.0 Å². The molecule has 0 atom stereocenters. The van der Waals surface area contributed by atoms with Crippen molar-refractivity contribution in [1.82, 2.24) is 10.2 Å². The minimum Gasteiger partial charge on any atom is -0.205 e. The van der Waals surface area contributed by atoms with Crippen LogP contribution in [0.2, 0.25) is 0 Å². The first-order valence-electron chi connectivity index (χ1n) is 1.93. The zero-order valence-corrected chi connectivity index (χ0v) is 3.81. The first-order valence-corrected chi connectivity index (χ1v) is 1.93. The van der Waals surface area contributed by atoms with Crippen molar-refractivity contribution in [2.45, 2.75) is 0 Å². The van der Waals surface area contributed by atoms with E-state index in [0.717, 1.165) is 6.20 Å². The Hall–Kier alpha value is -1.06. The standard InChI is InChI=1S/C4H2F2N2/c5-3-1-4(6)8-7-2-3/h1-2H. The Kier molecular flexibility index (Phi) is 1.15. The highest BCUT2D eigenvalue weighted by molar-refractivity contribution is 4.88. The van der Waals surface area contributed by atoms with Gasteiger partial charge in [0.2, 0.25) is 5.95 Å². The van der Waals surface area contributed by atoms with Crippen LogP contribution in [0.1, 0.15) is 0 Å².